The summed E-state index contributed by atoms with van der Waals surface area (Å²) < 4.78 is 5.47. The molecule has 1 saturated carbocycles. The molecular weight excluding hydrogens is 398 g/mol. The number of hydrogen-bond acceptors (Lipinski definition) is 5. The predicted molar refractivity (Wildman–Crippen MR) is 118 cm³/mol. The van der Waals surface area contributed by atoms with Crippen molar-refractivity contribution in [2.45, 2.75) is 77.9 Å². The molecule has 0 spiro atoms. The average Bonchev–Trinajstić information content (AvgIpc) is 3.35. The Bertz CT molecular complexity index is 833. The molecule has 3 aliphatic rings. The first-order valence-corrected chi connectivity index (χ1v) is 12.0. The van der Waals surface area contributed by atoms with E-state index in [1.54, 1.807) is 16.2 Å². The fourth-order valence-corrected chi connectivity index (χ4v) is 5.68. The maximum atomic E-state index is 12.7. The van der Waals surface area contributed by atoms with E-state index in [0.29, 0.717) is 37.9 Å². The molecule has 1 aliphatic carbocycles. The van der Waals surface area contributed by atoms with Crippen LogP contribution in [0.15, 0.2) is 6.08 Å². The van der Waals surface area contributed by atoms with Gasteiger partial charge in [-0.15, -0.1) is 11.3 Å². The predicted octanol–water partition coefficient (Wildman–Crippen LogP) is 4.63. The summed E-state index contributed by atoms with van der Waals surface area (Å²) in [5.74, 6) is 0.906. The van der Waals surface area contributed by atoms with Gasteiger partial charge in [0.05, 0.1) is 12.2 Å². The summed E-state index contributed by atoms with van der Waals surface area (Å²) in [6.07, 6.45) is 9.17. The standard InChI is InChI=1S/C23H33N3O3S/c1-23(2,3)29-22(28)25-11-8-17(9-12-25)21-24-18-10-13-26(15-19(18)30-21)20(27)14-16-6-4-5-7-16/h8,16H,4-7,9-15H2,1-3H3. The zero-order chi connectivity index (χ0) is 21.3. The van der Waals surface area contributed by atoms with Crippen LogP contribution in [0, 0.1) is 5.92 Å². The van der Waals surface area contributed by atoms with Crippen LogP contribution in [0.2, 0.25) is 0 Å². The molecule has 30 heavy (non-hydrogen) atoms. The van der Waals surface area contributed by atoms with Gasteiger partial charge in [-0.05, 0) is 51.5 Å². The molecule has 1 aromatic heterocycles. The van der Waals surface area contributed by atoms with Crippen LogP contribution in [-0.2, 0) is 22.5 Å². The Morgan fingerprint density at radius 2 is 1.90 bits per heavy atom. The zero-order valence-electron chi connectivity index (χ0n) is 18.4. The lowest BCUT2D eigenvalue weighted by Gasteiger charge is -2.29. The van der Waals surface area contributed by atoms with Crippen molar-refractivity contribution in [3.8, 4) is 0 Å². The number of ether oxygens (including phenoxy) is 1. The summed E-state index contributed by atoms with van der Waals surface area (Å²) in [7, 11) is 0. The van der Waals surface area contributed by atoms with Gasteiger partial charge < -0.3 is 14.5 Å². The third kappa shape index (κ3) is 5.05. The first kappa shape index (κ1) is 21.3. The number of carbonyl (C=O) groups excluding carboxylic acids is 2. The number of aromatic nitrogens is 1. The maximum absolute atomic E-state index is 12.7. The second-order valence-electron chi connectivity index (χ2n) is 9.71. The number of nitrogens with zero attached hydrogens (tertiary/aromatic N) is 3. The third-order valence-corrected chi connectivity index (χ3v) is 7.32. The van der Waals surface area contributed by atoms with Crippen LogP contribution < -0.4 is 0 Å². The summed E-state index contributed by atoms with van der Waals surface area (Å²) in [6, 6.07) is 0. The van der Waals surface area contributed by atoms with E-state index < -0.39 is 5.60 Å². The fourth-order valence-electron chi connectivity index (χ4n) is 4.49. The highest BCUT2D eigenvalue weighted by Crippen LogP contribution is 2.33. The Balaban J connectivity index is 1.36. The number of thiazole rings is 1. The Labute approximate surface area is 183 Å². The minimum absolute atomic E-state index is 0.257. The lowest BCUT2D eigenvalue weighted by atomic mass is 10.0. The normalized spacial score (nSPS) is 20.2. The van der Waals surface area contributed by atoms with Crippen molar-refractivity contribution in [1.82, 2.24) is 14.8 Å². The summed E-state index contributed by atoms with van der Waals surface area (Å²) in [5.41, 5.74) is 1.88. The zero-order valence-corrected chi connectivity index (χ0v) is 19.2. The van der Waals surface area contributed by atoms with E-state index in [-0.39, 0.29) is 6.09 Å². The number of carbonyl (C=O) groups is 2. The van der Waals surface area contributed by atoms with Crippen LogP contribution >= 0.6 is 11.3 Å². The minimum atomic E-state index is -0.476. The number of amides is 2. The van der Waals surface area contributed by atoms with Gasteiger partial charge >= 0.3 is 6.09 Å². The molecule has 1 aromatic rings. The molecule has 4 rings (SSSR count). The number of fused-ring (bicyclic) bond motifs is 1. The molecule has 1 fully saturated rings. The Hall–Kier alpha value is -1.89. The molecule has 0 saturated heterocycles. The molecule has 164 valence electrons. The molecule has 7 heteroatoms. The van der Waals surface area contributed by atoms with Gasteiger partial charge in [-0.3, -0.25) is 4.79 Å². The Kier molecular flexibility index (Phi) is 6.19. The van der Waals surface area contributed by atoms with E-state index in [1.165, 1.54) is 36.1 Å². The van der Waals surface area contributed by atoms with E-state index in [2.05, 4.69) is 6.08 Å². The quantitative estimate of drug-likeness (QED) is 0.700. The molecule has 6 nitrogen and oxygen atoms in total. The third-order valence-electron chi connectivity index (χ3n) is 6.16. The molecule has 2 aliphatic heterocycles. The largest absolute Gasteiger partial charge is 0.444 e. The maximum Gasteiger partial charge on any atom is 0.410 e. The summed E-state index contributed by atoms with van der Waals surface area (Å²) in [4.78, 5) is 34.9. The SMILES string of the molecule is CC(C)(C)OC(=O)N1CC=C(c2nc3c(s2)CN(C(=O)CC2CCCC2)CC3)CC1. The fraction of sp³-hybridized carbons (Fsp3) is 0.696. The van der Waals surface area contributed by atoms with Crippen LogP contribution in [0.1, 0.15) is 74.9 Å². The molecule has 0 unspecified atom stereocenters. The van der Waals surface area contributed by atoms with Crippen LogP contribution in [0.4, 0.5) is 4.79 Å². The molecule has 0 radical (unpaired) electrons. The molecule has 0 N–H and O–H groups in total. The van der Waals surface area contributed by atoms with E-state index in [4.69, 9.17) is 9.72 Å². The van der Waals surface area contributed by atoms with Crippen molar-refractivity contribution in [2.75, 3.05) is 19.6 Å². The summed E-state index contributed by atoms with van der Waals surface area (Å²) in [6.45, 7) is 8.36. The first-order chi connectivity index (χ1) is 14.3. The van der Waals surface area contributed by atoms with Crippen molar-refractivity contribution < 1.29 is 14.3 Å². The summed E-state index contributed by atoms with van der Waals surface area (Å²) >= 11 is 1.72. The van der Waals surface area contributed by atoms with Gasteiger partial charge in [-0.25, -0.2) is 9.78 Å². The lowest BCUT2D eigenvalue weighted by molar-refractivity contribution is -0.133. The minimum Gasteiger partial charge on any atom is -0.444 e. The van der Waals surface area contributed by atoms with Gasteiger partial charge in [-0.1, -0.05) is 18.9 Å². The van der Waals surface area contributed by atoms with E-state index in [0.717, 1.165) is 30.1 Å². The molecule has 3 heterocycles. The van der Waals surface area contributed by atoms with Crippen LogP contribution in [0.25, 0.3) is 5.57 Å². The lowest BCUT2D eigenvalue weighted by Crippen LogP contribution is -2.39. The second-order valence-corrected chi connectivity index (χ2v) is 10.8. The average molecular weight is 432 g/mol. The van der Waals surface area contributed by atoms with E-state index in [9.17, 15) is 9.59 Å². The van der Waals surface area contributed by atoms with Crippen LogP contribution in [0.3, 0.4) is 0 Å². The molecule has 0 bridgehead atoms. The molecule has 0 aromatic carbocycles. The van der Waals surface area contributed by atoms with Gasteiger partial charge in [0.25, 0.3) is 0 Å². The van der Waals surface area contributed by atoms with Gasteiger partial charge in [-0.2, -0.15) is 0 Å². The first-order valence-electron chi connectivity index (χ1n) is 11.2. The second kappa shape index (κ2) is 8.69. The topological polar surface area (TPSA) is 62.7 Å². The van der Waals surface area contributed by atoms with Gasteiger partial charge in [0.15, 0.2) is 0 Å². The van der Waals surface area contributed by atoms with Gasteiger partial charge in [0.1, 0.15) is 10.6 Å². The van der Waals surface area contributed by atoms with E-state index >= 15 is 0 Å². The smallest absolute Gasteiger partial charge is 0.410 e. The Morgan fingerprint density at radius 1 is 1.17 bits per heavy atom. The van der Waals surface area contributed by atoms with Crippen molar-refractivity contribution in [1.29, 1.82) is 0 Å². The molecule has 2 amide bonds. The monoisotopic (exact) mass is 431 g/mol. The van der Waals surface area contributed by atoms with Crippen molar-refractivity contribution >= 4 is 28.9 Å². The van der Waals surface area contributed by atoms with Crippen molar-refractivity contribution in [2.24, 2.45) is 5.92 Å². The molecule has 0 atom stereocenters. The van der Waals surface area contributed by atoms with Crippen LogP contribution in [0.5, 0.6) is 0 Å². The molecular formula is C23H33N3O3S. The van der Waals surface area contributed by atoms with E-state index in [1.807, 2.05) is 25.7 Å². The van der Waals surface area contributed by atoms with Gasteiger partial charge in [0.2, 0.25) is 5.91 Å². The summed E-state index contributed by atoms with van der Waals surface area (Å²) in [5, 5.41) is 1.05. The highest BCUT2D eigenvalue weighted by atomic mass is 32.1. The van der Waals surface area contributed by atoms with Crippen molar-refractivity contribution in [3.05, 3.63) is 21.7 Å². The highest BCUT2D eigenvalue weighted by Gasteiger charge is 2.29. The van der Waals surface area contributed by atoms with Gasteiger partial charge in [0, 0.05) is 37.4 Å². The number of hydrogen-bond donors (Lipinski definition) is 0. The van der Waals surface area contributed by atoms with Crippen molar-refractivity contribution in [3.63, 3.8) is 0 Å². The van der Waals surface area contributed by atoms with Crippen LogP contribution in [-0.4, -0.2) is 52.0 Å². The Morgan fingerprint density at radius 3 is 2.57 bits per heavy atom. The highest BCUT2D eigenvalue weighted by molar-refractivity contribution is 7.12. The number of rotatable bonds is 3.